The standard InChI is InChI=1S/C18H17F3O3/c19-18(20,21)13-8-6-11(7-9-13)15-10-14(17(22)23)16(24-15)12-4-2-1-3-5-12/h6-10,12H,1-5H2,(H,22,23). The minimum absolute atomic E-state index is 0.0630. The number of furan rings is 1. The van der Waals surface area contributed by atoms with Crippen LogP contribution in [-0.2, 0) is 6.18 Å². The molecule has 3 rings (SSSR count). The number of halogens is 3. The van der Waals surface area contributed by atoms with E-state index in [1.54, 1.807) is 0 Å². The number of rotatable bonds is 3. The number of carbonyl (C=O) groups is 1. The van der Waals surface area contributed by atoms with Gasteiger partial charge in [0.1, 0.15) is 17.1 Å². The zero-order valence-electron chi connectivity index (χ0n) is 12.9. The Hall–Kier alpha value is -2.24. The van der Waals surface area contributed by atoms with Gasteiger partial charge in [0.25, 0.3) is 0 Å². The second-order valence-corrected chi connectivity index (χ2v) is 6.10. The second kappa shape index (κ2) is 6.34. The summed E-state index contributed by atoms with van der Waals surface area (Å²) in [6.45, 7) is 0. The van der Waals surface area contributed by atoms with Gasteiger partial charge in [-0.15, -0.1) is 0 Å². The van der Waals surface area contributed by atoms with Crippen molar-refractivity contribution in [1.82, 2.24) is 0 Å². The zero-order chi connectivity index (χ0) is 17.3. The Kier molecular flexibility index (Phi) is 4.39. The smallest absolute Gasteiger partial charge is 0.416 e. The van der Waals surface area contributed by atoms with Gasteiger partial charge in [-0.2, -0.15) is 13.2 Å². The van der Waals surface area contributed by atoms with Crippen LogP contribution < -0.4 is 0 Å². The van der Waals surface area contributed by atoms with Crippen molar-refractivity contribution in [2.75, 3.05) is 0 Å². The van der Waals surface area contributed by atoms with E-state index in [1.807, 2.05) is 0 Å². The molecule has 1 heterocycles. The molecule has 0 amide bonds. The van der Waals surface area contributed by atoms with Gasteiger partial charge in [-0.1, -0.05) is 31.4 Å². The molecular weight excluding hydrogens is 321 g/mol. The molecule has 0 unspecified atom stereocenters. The number of carboxylic acid groups (broad SMARTS) is 1. The highest BCUT2D eigenvalue weighted by molar-refractivity contribution is 5.90. The maximum Gasteiger partial charge on any atom is 0.416 e. The summed E-state index contributed by atoms with van der Waals surface area (Å²) in [5.41, 5.74) is -0.201. The average Bonchev–Trinajstić information content (AvgIpc) is 3.00. The summed E-state index contributed by atoms with van der Waals surface area (Å²) in [6.07, 6.45) is 0.535. The molecule has 0 bridgehead atoms. The molecule has 0 spiro atoms. The van der Waals surface area contributed by atoms with E-state index in [0.717, 1.165) is 44.2 Å². The molecule has 1 aromatic heterocycles. The van der Waals surface area contributed by atoms with Crippen LogP contribution in [0.5, 0.6) is 0 Å². The van der Waals surface area contributed by atoms with Gasteiger partial charge in [0.15, 0.2) is 0 Å². The fourth-order valence-corrected chi connectivity index (χ4v) is 3.21. The Morgan fingerprint density at radius 1 is 1.08 bits per heavy atom. The number of hydrogen-bond donors (Lipinski definition) is 1. The van der Waals surface area contributed by atoms with Crippen LogP contribution in [0.1, 0.15) is 59.7 Å². The van der Waals surface area contributed by atoms with Crippen LogP contribution in [0.15, 0.2) is 34.7 Å². The monoisotopic (exact) mass is 338 g/mol. The number of hydrogen-bond acceptors (Lipinski definition) is 2. The lowest BCUT2D eigenvalue weighted by Crippen LogP contribution is -2.08. The highest BCUT2D eigenvalue weighted by Gasteiger charge is 2.30. The summed E-state index contributed by atoms with van der Waals surface area (Å²) in [5, 5.41) is 9.40. The first-order valence-corrected chi connectivity index (χ1v) is 7.91. The van der Waals surface area contributed by atoms with Crippen molar-refractivity contribution >= 4 is 5.97 Å². The summed E-state index contributed by atoms with van der Waals surface area (Å²) in [5.74, 6) is -0.274. The van der Waals surface area contributed by atoms with E-state index in [1.165, 1.54) is 18.2 Å². The summed E-state index contributed by atoms with van der Waals surface area (Å²) >= 11 is 0. The van der Waals surface area contributed by atoms with Gasteiger partial charge in [-0.25, -0.2) is 4.79 Å². The predicted molar refractivity (Wildman–Crippen MR) is 81.9 cm³/mol. The van der Waals surface area contributed by atoms with Gasteiger partial charge in [0, 0.05) is 11.5 Å². The maximum absolute atomic E-state index is 12.6. The minimum Gasteiger partial charge on any atom is -0.478 e. The molecule has 24 heavy (non-hydrogen) atoms. The Morgan fingerprint density at radius 3 is 2.25 bits per heavy atom. The molecule has 1 aliphatic carbocycles. The number of alkyl halides is 3. The van der Waals surface area contributed by atoms with Crippen molar-refractivity contribution in [3.63, 3.8) is 0 Å². The van der Waals surface area contributed by atoms with E-state index < -0.39 is 17.7 Å². The first-order chi connectivity index (χ1) is 11.4. The summed E-state index contributed by atoms with van der Waals surface area (Å²) in [7, 11) is 0. The van der Waals surface area contributed by atoms with Crippen LogP contribution in [0.4, 0.5) is 13.2 Å². The molecule has 0 aliphatic heterocycles. The van der Waals surface area contributed by atoms with E-state index in [9.17, 15) is 23.1 Å². The molecule has 2 aromatic rings. The average molecular weight is 338 g/mol. The van der Waals surface area contributed by atoms with E-state index in [4.69, 9.17) is 4.42 Å². The van der Waals surface area contributed by atoms with Crippen LogP contribution in [-0.4, -0.2) is 11.1 Å². The predicted octanol–water partition coefficient (Wildman–Crippen LogP) is 5.71. The van der Waals surface area contributed by atoms with Gasteiger partial charge in [0.2, 0.25) is 0 Å². The van der Waals surface area contributed by atoms with Crippen LogP contribution in [0.3, 0.4) is 0 Å². The first-order valence-electron chi connectivity index (χ1n) is 7.91. The Balaban J connectivity index is 1.95. The quantitative estimate of drug-likeness (QED) is 0.779. The van der Waals surface area contributed by atoms with Crippen LogP contribution in [0, 0.1) is 0 Å². The van der Waals surface area contributed by atoms with Crippen LogP contribution >= 0.6 is 0 Å². The van der Waals surface area contributed by atoms with Crippen molar-refractivity contribution < 1.29 is 27.5 Å². The topological polar surface area (TPSA) is 50.4 Å². The largest absolute Gasteiger partial charge is 0.478 e. The van der Waals surface area contributed by atoms with E-state index >= 15 is 0 Å². The van der Waals surface area contributed by atoms with Crippen molar-refractivity contribution in [3.05, 3.63) is 47.2 Å². The molecule has 0 saturated heterocycles. The molecule has 1 N–H and O–H groups in total. The lowest BCUT2D eigenvalue weighted by atomic mass is 9.86. The van der Waals surface area contributed by atoms with Gasteiger partial charge >= 0.3 is 12.1 Å². The fourth-order valence-electron chi connectivity index (χ4n) is 3.21. The maximum atomic E-state index is 12.6. The zero-order valence-corrected chi connectivity index (χ0v) is 12.9. The second-order valence-electron chi connectivity index (χ2n) is 6.10. The van der Waals surface area contributed by atoms with Crippen LogP contribution in [0.2, 0.25) is 0 Å². The third-order valence-corrected chi connectivity index (χ3v) is 4.46. The Morgan fingerprint density at radius 2 is 1.71 bits per heavy atom. The molecule has 0 atom stereocenters. The molecule has 0 radical (unpaired) electrons. The van der Waals surface area contributed by atoms with Crippen molar-refractivity contribution in [1.29, 1.82) is 0 Å². The first kappa shape index (κ1) is 16.6. The lowest BCUT2D eigenvalue weighted by molar-refractivity contribution is -0.137. The molecule has 3 nitrogen and oxygen atoms in total. The number of aromatic carboxylic acids is 1. The van der Waals surface area contributed by atoms with Crippen LogP contribution in [0.25, 0.3) is 11.3 Å². The van der Waals surface area contributed by atoms with Crippen molar-refractivity contribution in [2.45, 2.75) is 44.2 Å². The van der Waals surface area contributed by atoms with Crippen molar-refractivity contribution in [3.8, 4) is 11.3 Å². The Labute approximate surface area is 137 Å². The van der Waals surface area contributed by atoms with Gasteiger partial charge in [-0.05, 0) is 31.0 Å². The molecule has 1 saturated carbocycles. The number of benzene rings is 1. The van der Waals surface area contributed by atoms with Gasteiger partial charge < -0.3 is 9.52 Å². The summed E-state index contributed by atoms with van der Waals surface area (Å²) in [4.78, 5) is 11.5. The van der Waals surface area contributed by atoms with E-state index in [0.29, 0.717) is 17.1 Å². The molecule has 1 aliphatic rings. The molecule has 1 fully saturated rings. The summed E-state index contributed by atoms with van der Waals surface area (Å²) in [6, 6.07) is 5.96. The SMILES string of the molecule is O=C(O)c1cc(-c2ccc(C(F)(F)F)cc2)oc1C1CCCCC1. The fraction of sp³-hybridized carbons (Fsp3) is 0.389. The molecular formula is C18H17F3O3. The minimum atomic E-state index is -4.40. The van der Waals surface area contributed by atoms with E-state index in [-0.39, 0.29) is 11.5 Å². The van der Waals surface area contributed by atoms with Crippen molar-refractivity contribution in [2.24, 2.45) is 0 Å². The highest BCUT2D eigenvalue weighted by Crippen LogP contribution is 2.38. The van der Waals surface area contributed by atoms with E-state index in [2.05, 4.69) is 0 Å². The normalized spacial score (nSPS) is 16.3. The van der Waals surface area contributed by atoms with Gasteiger partial charge in [-0.3, -0.25) is 0 Å². The Bertz CT molecular complexity index is 723. The summed E-state index contributed by atoms with van der Waals surface area (Å²) < 4.78 is 43.7. The molecule has 128 valence electrons. The lowest BCUT2D eigenvalue weighted by Gasteiger charge is -2.20. The molecule has 6 heteroatoms. The third-order valence-electron chi connectivity index (χ3n) is 4.46. The highest BCUT2D eigenvalue weighted by atomic mass is 19.4. The third kappa shape index (κ3) is 3.32. The molecule has 1 aromatic carbocycles. The van der Waals surface area contributed by atoms with Gasteiger partial charge in [0.05, 0.1) is 5.56 Å². The number of carboxylic acids is 1.